The predicted octanol–water partition coefficient (Wildman–Crippen LogP) is 1.46. The van der Waals surface area contributed by atoms with Crippen molar-refractivity contribution in [3.8, 4) is 11.5 Å². The van der Waals surface area contributed by atoms with Gasteiger partial charge in [-0.3, -0.25) is 4.79 Å². The average molecular weight is 410 g/mol. The molecule has 0 spiro atoms. The summed E-state index contributed by atoms with van der Waals surface area (Å²) in [5.74, 6) is -2.28. The number of carbonyl (C=O) groups excluding carboxylic acids is 1. The van der Waals surface area contributed by atoms with Gasteiger partial charge in [-0.15, -0.1) is 0 Å². The number of rotatable bonds is 9. The van der Waals surface area contributed by atoms with Crippen LogP contribution in [-0.2, 0) is 9.59 Å². The molecule has 0 aromatic heterocycles. The number of ether oxygens (including phenoxy) is 2. The summed E-state index contributed by atoms with van der Waals surface area (Å²) in [7, 11) is 2.18. The van der Waals surface area contributed by atoms with Crippen molar-refractivity contribution >= 4 is 18.2 Å². The minimum Gasteiger partial charge on any atom is -0.490 e. The molecule has 2 rings (SSSR count). The van der Waals surface area contributed by atoms with E-state index in [1.165, 1.54) is 13.1 Å². The number of hydrogen-bond donors (Lipinski definition) is 2. The Kier molecular flexibility index (Phi) is 11.4. The number of unbranched alkanes of at least 4 members (excludes halogenated alkanes) is 1. The number of benzene rings is 1. The quantitative estimate of drug-likeness (QED) is 0.354. The summed E-state index contributed by atoms with van der Waals surface area (Å²) in [5.41, 5.74) is 0.607. The van der Waals surface area contributed by atoms with Gasteiger partial charge in [0.1, 0.15) is 6.29 Å². The van der Waals surface area contributed by atoms with Crippen molar-refractivity contribution in [2.45, 2.75) is 19.8 Å². The Morgan fingerprint density at radius 3 is 2.24 bits per heavy atom. The molecule has 1 aromatic rings. The molecule has 29 heavy (non-hydrogen) atoms. The molecule has 0 bridgehead atoms. The highest BCUT2D eigenvalue weighted by Gasteiger charge is 2.13. The van der Waals surface area contributed by atoms with Crippen LogP contribution < -0.4 is 9.47 Å². The zero-order chi connectivity index (χ0) is 21.6. The Hall–Kier alpha value is -2.65. The molecular weight excluding hydrogens is 380 g/mol. The third-order valence-electron chi connectivity index (χ3n) is 4.31. The molecule has 9 nitrogen and oxygen atoms in total. The Labute approximate surface area is 170 Å². The number of nitrogens with zero attached hydrogens (tertiary/aromatic N) is 2. The molecule has 0 amide bonds. The van der Waals surface area contributed by atoms with E-state index in [1.54, 1.807) is 12.1 Å². The number of piperazine rings is 1. The smallest absolute Gasteiger partial charge is 0.414 e. The Balaban J connectivity index is 0.000000612. The minimum atomic E-state index is -1.82. The molecule has 1 heterocycles. The third-order valence-corrected chi connectivity index (χ3v) is 4.31. The van der Waals surface area contributed by atoms with Crippen LogP contribution in [0.5, 0.6) is 11.5 Å². The van der Waals surface area contributed by atoms with Gasteiger partial charge in [0, 0.05) is 31.7 Å². The molecule has 0 aliphatic carbocycles. The first-order valence-electron chi connectivity index (χ1n) is 9.59. The summed E-state index contributed by atoms with van der Waals surface area (Å²) in [6.07, 6.45) is 2.98. The van der Waals surface area contributed by atoms with Crippen LogP contribution in [0, 0.1) is 0 Å². The highest BCUT2D eigenvalue weighted by molar-refractivity contribution is 6.27. The highest BCUT2D eigenvalue weighted by Crippen LogP contribution is 2.28. The van der Waals surface area contributed by atoms with Crippen molar-refractivity contribution in [2.75, 3.05) is 53.0 Å². The van der Waals surface area contributed by atoms with Crippen LogP contribution in [0.15, 0.2) is 18.2 Å². The second-order valence-corrected chi connectivity index (χ2v) is 6.57. The summed E-state index contributed by atoms with van der Waals surface area (Å²) >= 11 is 0. The summed E-state index contributed by atoms with van der Waals surface area (Å²) in [5, 5.41) is 14.8. The second kappa shape index (κ2) is 13.5. The number of aliphatic carboxylic acids is 2. The van der Waals surface area contributed by atoms with Crippen LogP contribution in [0.3, 0.4) is 0 Å². The molecule has 2 N–H and O–H groups in total. The SMILES string of the molecule is CCOc1cc(C=O)ccc1OCCCCN1CCN(C)CC1.O=C(O)C(=O)O. The Morgan fingerprint density at radius 1 is 1.03 bits per heavy atom. The maximum Gasteiger partial charge on any atom is 0.414 e. The molecule has 0 atom stereocenters. The summed E-state index contributed by atoms with van der Waals surface area (Å²) in [6.45, 7) is 8.95. The van der Waals surface area contributed by atoms with Gasteiger partial charge < -0.3 is 29.5 Å². The lowest BCUT2D eigenvalue weighted by Crippen LogP contribution is -2.44. The number of hydrogen-bond acceptors (Lipinski definition) is 7. The molecule has 9 heteroatoms. The highest BCUT2D eigenvalue weighted by atomic mass is 16.5. The molecule has 1 aliphatic heterocycles. The van der Waals surface area contributed by atoms with E-state index < -0.39 is 11.9 Å². The molecule has 0 unspecified atom stereocenters. The molecule has 1 fully saturated rings. The van der Waals surface area contributed by atoms with Crippen molar-refractivity contribution in [3.05, 3.63) is 23.8 Å². The lowest BCUT2D eigenvalue weighted by atomic mass is 10.2. The maximum atomic E-state index is 10.8. The van der Waals surface area contributed by atoms with Crippen LogP contribution in [-0.4, -0.2) is 91.2 Å². The fourth-order valence-electron chi connectivity index (χ4n) is 2.68. The van der Waals surface area contributed by atoms with E-state index in [4.69, 9.17) is 29.3 Å². The number of carbonyl (C=O) groups is 3. The van der Waals surface area contributed by atoms with E-state index in [1.807, 2.05) is 13.0 Å². The van der Waals surface area contributed by atoms with Crippen molar-refractivity contribution in [1.82, 2.24) is 9.80 Å². The van der Waals surface area contributed by atoms with Gasteiger partial charge in [-0.2, -0.15) is 0 Å². The lowest BCUT2D eigenvalue weighted by molar-refractivity contribution is -0.159. The van der Waals surface area contributed by atoms with E-state index >= 15 is 0 Å². The number of carboxylic acid groups (broad SMARTS) is 2. The first-order valence-corrected chi connectivity index (χ1v) is 9.59. The predicted molar refractivity (Wildman–Crippen MR) is 107 cm³/mol. The first kappa shape index (κ1) is 24.4. The van der Waals surface area contributed by atoms with E-state index in [-0.39, 0.29) is 0 Å². The van der Waals surface area contributed by atoms with Gasteiger partial charge in [0.2, 0.25) is 0 Å². The number of aldehydes is 1. The van der Waals surface area contributed by atoms with E-state index in [2.05, 4.69) is 16.8 Å². The van der Waals surface area contributed by atoms with Gasteiger partial charge in [0.05, 0.1) is 13.2 Å². The molecule has 0 saturated carbocycles. The fraction of sp³-hybridized carbons (Fsp3) is 0.550. The molecule has 0 radical (unpaired) electrons. The van der Waals surface area contributed by atoms with Crippen molar-refractivity contribution < 1.29 is 34.1 Å². The lowest BCUT2D eigenvalue weighted by Gasteiger charge is -2.32. The summed E-state index contributed by atoms with van der Waals surface area (Å²) in [6, 6.07) is 5.31. The van der Waals surface area contributed by atoms with Crippen LogP contribution in [0.1, 0.15) is 30.1 Å². The molecular formula is C20H30N2O7. The van der Waals surface area contributed by atoms with Gasteiger partial charge in [-0.1, -0.05) is 0 Å². The Morgan fingerprint density at radius 2 is 1.69 bits per heavy atom. The molecule has 1 aliphatic rings. The molecule has 1 aromatic carbocycles. The third kappa shape index (κ3) is 9.91. The molecule has 1 saturated heterocycles. The largest absolute Gasteiger partial charge is 0.490 e. The summed E-state index contributed by atoms with van der Waals surface area (Å²) < 4.78 is 11.4. The minimum absolute atomic E-state index is 0.558. The number of likely N-dealkylation sites (N-methyl/N-ethyl adjacent to an activating group) is 1. The van der Waals surface area contributed by atoms with Gasteiger partial charge in [-0.05, 0) is 51.6 Å². The fourth-order valence-corrected chi connectivity index (χ4v) is 2.68. The van der Waals surface area contributed by atoms with Crippen LogP contribution in [0.4, 0.5) is 0 Å². The Bertz CT molecular complexity index is 646. The first-order chi connectivity index (χ1) is 13.9. The van der Waals surface area contributed by atoms with E-state index in [9.17, 15) is 4.79 Å². The van der Waals surface area contributed by atoms with Gasteiger partial charge in [-0.25, -0.2) is 9.59 Å². The standard InChI is InChI=1S/C18H28N2O3.C2H2O4/c1-3-22-18-14-16(15-21)6-7-17(18)23-13-5-4-8-20-11-9-19(2)10-12-20;3-1(4)2(5)6/h6-7,14-15H,3-5,8-13H2,1-2H3;(H,3,4)(H,5,6). The zero-order valence-corrected chi connectivity index (χ0v) is 17.0. The van der Waals surface area contributed by atoms with Gasteiger partial charge in [0.15, 0.2) is 11.5 Å². The molecule has 162 valence electrons. The van der Waals surface area contributed by atoms with Crippen molar-refractivity contribution in [3.63, 3.8) is 0 Å². The van der Waals surface area contributed by atoms with Gasteiger partial charge in [0.25, 0.3) is 0 Å². The van der Waals surface area contributed by atoms with Gasteiger partial charge >= 0.3 is 11.9 Å². The maximum absolute atomic E-state index is 10.8. The van der Waals surface area contributed by atoms with Crippen molar-refractivity contribution in [2.24, 2.45) is 0 Å². The topological polar surface area (TPSA) is 117 Å². The van der Waals surface area contributed by atoms with E-state index in [0.717, 1.165) is 44.5 Å². The monoisotopic (exact) mass is 410 g/mol. The normalized spacial score (nSPS) is 14.4. The van der Waals surface area contributed by atoms with Crippen LogP contribution in [0.2, 0.25) is 0 Å². The van der Waals surface area contributed by atoms with Crippen LogP contribution in [0.25, 0.3) is 0 Å². The number of carboxylic acids is 2. The van der Waals surface area contributed by atoms with E-state index in [0.29, 0.717) is 24.5 Å². The summed E-state index contributed by atoms with van der Waals surface area (Å²) in [4.78, 5) is 33.9. The van der Waals surface area contributed by atoms with Crippen molar-refractivity contribution in [1.29, 1.82) is 0 Å². The zero-order valence-electron chi connectivity index (χ0n) is 17.0. The van der Waals surface area contributed by atoms with Crippen LogP contribution >= 0.6 is 0 Å². The average Bonchev–Trinajstić information content (AvgIpc) is 2.70. The second-order valence-electron chi connectivity index (χ2n) is 6.57.